The van der Waals surface area contributed by atoms with Crippen molar-refractivity contribution in [2.24, 2.45) is 0 Å². The van der Waals surface area contributed by atoms with E-state index in [1.165, 1.54) is 5.56 Å². The lowest BCUT2D eigenvalue weighted by atomic mass is 10.1. The van der Waals surface area contributed by atoms with Crippen molar-refractivity contribution >= 4 is 0 Å². The fraction of sp³-hybridized carbons (Fsp3) is 0.357. The molecule has 0 aliphatic rings. The highest BCUT2D eigenvalue weighted by atomic mass is 16.4. The maximum Gasteiger partial charge on any atom is 0.199 e. The molecule has 2 aromatic rings. The Kier molecular flexibility index (Phi) is 3.94. The van der Waals surface area contributed by atoms with Crippen LogP contribution in [0, 0.1) is 6.92 Å². The number of oxazole rings is 1. The largest absolute Gasteiger partial charge is 0.445 e. The summed E-state index contributed by atoms with van der Waals surface area (Å²) in [6.45, 7) is 5.77. The highest BCUT2D eigenvalue weighted by Gasteiger charge is 2.09. The monoisotopic (exact) mass is 230 g/mol. The van der Waals surface area contributed by atoms with Crippen molar-refractivity contribution in [3.8, 4) is 0 Å². The summed E-state index contributed by atoms with van der Waals surface area (Å²) >= 11 is 0. The Balaban J connectivity index is 2.07. The first-order valence-electron chi connectivity index (χ1n) is 5.99. The van der Waals surface area contributed by atoms with Crippen molar-refractivity contribution in [1.29, 1.82) is 0 Å². The minimum absolute atomic E-state index is 0.758. The highest BCUT2D eigenvalue weighted by molar-refractivity contribution is 5.19. The van der Waals surface area contributed by atoms with Crippen LogP contribution in [0.4, 0.5) is 0 Å². The van der Waals surface area contributed by atoms with Crippen molar-refractivity contribution in [1.82, 2.24) is 10.3 Å². The standard InChI is InChI=1S/C14H18N2O/c1-3-15-10-13-11(2)17-14(16-13)9-12-7-5-4-6-8-12/h4-8,15H,3,9-10H2,1-2H3. The maximum absolute atomic E-state index is 5.66. The summed E-state index contributed by atoms with van der Waals surface area (Å²) in [4.78, 5) is 4.51. The molecule has 1 aromatic heterocycles. The maximum atomic E-state index is 5.66. The second-order valence-electron chi connectivity index (χ2n) is 4.05. The van der Waals surface area contributed by atoms with Gasteiger partial charge >= 0.3 is 0 Å². The molecule has 3 nitrogen and oxygen atoms in total. The van der Waals surface area contributed by atoms with Crippen LogP contribution in [-0.4, -0.2) is 11.5 Å². The van der Waals surface area contributed by atoms with E-state index in [9.17, 15) is 0 Å². The molecule has 0 radical (unpaired) electrons. The van der Waals surface area contributed by atoms with Gasteiger partial charge in [0, 0.05) is 13.0 Å². The van der Waals surface area contributed by atoms with Gasteiger partial charge in [0.2, 0.25) is 0 Å². The Labute approximate surface area is 102 Å². The minimum Gasteiger partial charge on any atom is -0.445 e. The van der Waals surface area contributed by atoms with Crippen LogP contribution in [-0.2, 0) is 13.0 Å². The average molecular weight is 230 g/mol. The fourth-order valence-electron chi connectivity index (χ4n) is 1.74. The molecular weight excluding hydrogens is 212 g/mol. The molecule has 0 atom stereocenters. The van der Waals surface area contributed by atoms with Gasteiger partial charge in [0.15, 0.2) is 5.89 Å². The summed E-state index contributed by atoms with van der Waals surface area (Å²) in [6.07, 6.45) is 0.758. The van der Waals surface area contributed by atoms with Crippen LogP contribution in [0.3, 0.4) is 0 Å². The first-order chi connectivity index (χ1) is 8.29. The molecular formula is C14H18N2O. The zero-order valence-corrected chi connectivity index (χ0v) is 10.4. The Morgan fingerprint density at radius 2 is 2.00 bits per heavy atom. The number of benzene rings is 1. The molecule has 0 saturated heterocycles. The molecule has 0 unspecified atom stereocenters. The number of aryl methyl sites for hydroxylation is 1. The van der Waals surface area contributed by atoms with Crippen molar-refractivity contribution in [3.05, 3.63) is 53.2 Å². The van der Waals surface area contributed by atoms with E-state index in [-0.39, 0.29) is 0 Å². The lowest BCUT2D eigenvalue weighted by Gasteiger charge is -1.96. The average Bonchev–Trinajstić information content (AvgIpc) is 2.68. The summed E-state index contributed by atoms with van der Waals surface area (Å²) in [5, 5.41) is 3.26. The molecule has 1 N–H and O–H groups in total. The van der Waals surface area contributed by atoms with Crippen molar-refractivity contribution in [3.63, 3.8) is 0 Å². The molecule has 1 heterocycles. The van der Waals surface area contributed by atoms with Crippen LogP contribution >= 0.6 is 0 Å². The van der Waals surface area contributed by atoms with Crippen molar-refractivity contribution < 1.29 is 4.42 Å². The van der Waals surface area contributed by atoms with Crippen LogP contribution in [0.5, 0.6) is 0 Å². The number of rotatable bonds is 5. The summed E-state index contributed by atoms with van der Waals surface area (Å²) in [5.41, 5.74) is 2.24. The zero-order valence-electron chi connectivity index (χ0n) is 10.4. The fourth-order valence-corrected chi connectivity index (χ4v) is 1.74. The van der Waals surface area contributed by atoms with Crippen LogP contribution in [0.15, 0.2) is 34.7 Å². The summed E-state index contributed by atoms with van der Waals surface area (Å²) in [7, 11) is 0. The van der Waals surface area contributed by atoms with Crippen LogP contribution in [0.25, 0.3) is 0 Å². The lowest BCUT2D eigenvalue weighted by molar-refractivity contribution is 0.479. The SMILES string of the molecule is CCNCc1nc(Cc2ccccc2)oc1C. The first kappa shape index (κ1) is 11.9. The van der Waals surface area contributed by atoms with E-state index in [0.29, 0.717) is 0 Å². The van der Waals surface area contributed by atoms with E-state index in [2.05, 4.69) is 29.4 Å². The van der Waals surface area contributed by atoms with Gasteiger partial charge in [-0.05, 0) is 19.0 Å². The Morgan fingerprint density at radius 1 is 1.24 bits per heavy atom. The van der Waals surface area contributed by atoms with Crippen LogP contribution in [0.1, 0.15) is 29.8 Å². The number of hydrogen-bond donors (Lipinski definition) is 1. The molecule has 3 heteroatoms. The molecule has 0 amide bonds. The van der Waals surface area contributed by atoms with Gasteiger partial charge in [0.25, 0.3) is 0 Å². The molecule has 0 bridgehead atoms. The molecule has 2 rings (SSSR count). The molecule has 0 fully saturated rings. The number of hydrogen-bond acceptors (Lipinski definition) is 3. The molecule has 0 saturated carbocycles. The van der Waals surface area contributed by atoms with Gasteiger partial charge in [0.1, 0.15) is 5.76 Å². The zero-order chi connectivity index (χ0) is 12.1. The number of nitrogens with zero attached hydrogens (tertiary/aromatic N) is 1. The second kappa shape index (κ2) is 5.64. The van der Waals surface area contributed by atoms with E-state index in [4.69, 9.17) is 4.42 Å². The van der Waals surface area contributed by atoms with Crippen LogP contribution < -0.4 is 5.32 Å². The minimum atomic E-state index is 0.758. The quantitative estimate of drug-likeness (QED) is 0.858. The molecule has 90 valence electrons. The predicted octanol–water partition coefficient (Wildman–Crippen LogP) is 2.68. The highest BCUT2D eigenvalue weighted by Crippen LogP contribution is 2.13. The van der Waals surface area contributed by atoms with Crippen LogP contribution in [0.2, 0.25) is 0 Å². The van der Waals surface area contributed by atoms with Gasteiger partial charge in [-0.25, -0.2) is 4.98 Å². The van der Waals surface area contributed by atoms with E-state index in [0.717, 1.165) is 36.9 Å². The van der Waals surface area contributed by atoms with Crippen molar-refractivity contribution in [2.45, 2.75) is 26.8 Å². The second-order valence-corrected chi connectivity index (χ2v) is 4.05. The first-order valence-corrected chi connectivity index (χ1v) is 5.99. The Morgan fingerprint density at radius 3 is 2.71 bits per heavy atom. The predicted molar refractivity (Wildman–Crippen MR) is 67.9 cm³/mol. The molecule has 0 aliphatic carbocycles. The van der Waals surface area contributed by atoms with Gasteiger partial charge in [-0.1, -0.05) is 37.3 Å². The smallest absolute Gasteiger partial charge is 0.199 e. The molecule has 1 aromatic carbocycles. The normalized spacial score (nSPS) is 10.7. The topological polar surface area (TPSA) is 38.1 Å². The molecule has 0 spiro atoms. The van der Waals surface area contributed by atoms with Crippen molar-refractivity contribution in [2.75, 3.05) is 6.54 Å². The third-order valence-corrected chi connectivity index (χ3v) is 2.68. The molecule has 17 heavy (non-hydrogen) atoms. The lowest BCUT2D eigenvalue weighted by Crippen LogP contribution is -2.12. The Bertz CT molecular complexity index is 462. The Hall–Kier alpha value is -1.61. The third kappa shape index (κ3) is 3.17. The number of aromatic nitrogens is 1. The van der Waals surface area contributed by atoms with Gasteiger partial charge in [-0.3, -0.25) is 0 Å². The van der Waals surface area contributed by atoms with E-state index in [1.54, 1.807) is 0 Å². The van der Waals surface area contributed by atoms with Gasteiger partial charge < -0.3 is 9.73 Å². The van der Waals surface area contributed by atoms with E-state index >= 15 is 0 Å². The van der Waals surface area contributed by atoms with Gasteiger partial charge in [-0.15, -0.1) is 0 Å². The summed E-state index contributed by atoms with van der Waals surface area (Å²) < 4.78 is 5.66. The summed E-state index contributed by atoms with van der Waals surface area (Å²) in [6, 6.07) is 10.3. The van der Waals surface area contributed by atoms with E-state index < -0.39 is 0 Å². The summed E-state index contributed by atoms with van der Waals surface area (Å²) in [5.74, 6) is 1.71. The number of nitrogens with one attached hydrogen (secondary N) is 1. The van der Waals surface area contributed by atoms with E-state index in [1.807, 2.05) is 25.1 Å². The van der Waals surface area contributed by atoms with Gasteiger partial charge in [-0.2, -0.15) is 0 Å². The third-order valence-electron chi connectivity index (χ3n) is 2.68. The molecule has 0 aliphatic heterocycles. The van der Waals surface area contributed by atoms with Gasteiger partial charge in [0.05, 0.1) is 5.69 Å².